The monoisotopic (exact) mass is 287 g/mol. The molecule has 0 amide bonds. The van der Waals surface area contributed by atoms with Gasteiger partial charge < -0.3 is 4.74 Å². The highest BCUT2D eigenvalue weighted by atomic mass is 32.2. The zero-order valence-electron chi connectivity index (χ0n) is 11.8. The summed E-state index contributed by atoms with van der Waals surface area (Å²) in [7, 11) is 1.38. The molecule has 1 aromatic heterocycles. The molecule has 0 saturated heterocycles. The first-order valence-corrected chi connectivity index (χ1v) is 7.30. The van der Waals surface area contributed by atoms with Crippen molar-refractivity contribution in [2.75, 3.05) is 7.11 Å². The van der Waals surface area contributed by atoms with Gasteiger partial charge in [-0.2, -0.15) is 0 Å². The van der Waals surface area contributed by atoms with Crippen molar-refractivity contribution >= 4 is 17.7 Å². The van der Waals surface area contributed by atoms with E-state index in [9.17, 15) is 9.59 Å². The maximum absolute atomic E-state index is 11.7. The maximum atomic E-state index is 11.7. The summed E-state index contributed by atoms with van der Waals surface area (Å²) < 4.78 is 6.35. The van der Waals surface area contributed by atoms with Crippen LogP contribution in [0.2, 0.25) is 0 Å². The number of aromatic amines is 1. The summed E-state index contributed by atoms with van der Waals surface area (Å²) in [4.78, 5) is 23.4. The number of H-pyrrole nitrogens is 1. The molecule has 0 saturated carbocycles. The van der Waals surface area contributed by atoms with E-state index >= 15 is 0 Å². The highest BCUT2D eigenvalue weighted by Gasteiger charge is 2.24. The number of nitrogens with one attached hydrogen (secondary N) is 1. The fourth-order valence-corrected chi connectivity index (χ4v) is 2.94. The van der Waals surface area contributed by atoms with Gasteiger partial charge in [-0.05, 0) is 20.3 Å². The summed E-state index contributed by atoms with van der Waals surface area (Å²) >= 11 is 1.28. The summed E-state index contributed by atoms with van der Waals surface area (Å²) in [6.07, 6.45) is 2.65. The Morgan fingerprint density at radius 2 is 2.21 bits per heavy atom. The Kier molecular flexibility index (Phi) is 6.14. The first kappa shape index (κ1) is 15.8. The molecule has 1 heterocycles. The zero-order chi connectivity index (χ0) is 14.4. The number of methoxy groups -OCH3 is 1. The van der Waals surface area contributed by atoms with E-state index in [1.54, 1.807) is 4.57 Å². The molecular weight excluding hydrogens is 266 g/mol. The number of aromatic nitrogens is 3. The summed E-state index contributed by atoms with van der Waals surface area (Å²) in [6, 6.07) is -0.00165. The van der Waals surface area contributed by atoms with Gasteiger partial charge in [-0.25, -0.2) is 9.89 Å². The predicted octanol–water partition coefficient (Wildman–Crippen LogP) is 1.98. The lowest BCUT2D eigenvalue weighted by Gasteiger charge is -2.14. The quantitative estimate of drug-likeness (QED) is 0.613. The standard InChI is InChI=1S/C12H21N3O3S/c1-5-6-7-9(10(16)18-4)19-12-14-13-11(17)15(12)8(2)3/h8-9H,5-7H2,1-4H3,(H,13,17). The van der Waals surface area contributed by atoms with E-state index in [4.69, 9.17) is 4.74 Å². The molecule has 0 aliphatic rings. The van der Waals surface area contributed by atoms with Crippen molar-refractivity contribution in [3.05, 3.63) is 10.5 Å². The Hall–Kier alpha value is -1.24. The smallest absolute Gasteiger partial charge is 0.344 e. The van der Waals surface area contributed by atoms with Crippen LogP contribution in [0, 0.1) is 0 Å². The van der Waals surface area contributed by atoms with E-state index < -0.39 is 0 Å². The molecule has 0 aromatic carbocycles. The highest BCUT2D eigenvalue weighted by Crippen LogP contribution is 2.26. The number of hydrogen-bond donors (Lipinski definition) is 1. The van der Waals surface area contributed by atoms with Crippen LogP contribution in [0.1, 0.15) is 46.1 Å². The van der Waals surface area contributed by atoms with Crippen LogP contribution in [0.25, 0.3) is 0 Å². The number of unbranched alkanes of at least 4 members (excludes halogenated alkanes) is 1. The number of esters is 1. The number of nitrogens with zero attached hydrogens (tertiary/aromatic N) is 2. The lowest BCUT2D eigenvalue weighted by molar-refractivity contribution is -0.140. The van der Waals surface area contributed by atoms with Gasteiger partial charge in [-0.1, -0.05) is 31.5 Å². The van der Waals surface area contributed by atoms with Crippen LogP contribution in [0.4, 0.5) is 0 Å². The number of rotatable bonds is 7. The van der Waals surface area contributed by atoms with Gasteiger partial charge in [0.1, 0.15) is 5.25 Å². The van der Waals surface area contributed by atoms with Gasteiger partial charge in [-0.3, -0.25) is 9.36 Å². The molecule has 0 spiro atoms. The molecule has 108 valence electrons. The lowest BCUT2D eigenvalue weighted by Crippen LogP contribution is -2.22. The van der Waals surface area contributed by atoms with E-state index in [0.717, 1.165) is 12.8 Å². The normalized spacial score (nSPS) is 12.7. The second-order valence-corrected chi connectivity index (χ2v) is 5.72. The summed E-state index contributed by atoms with van der Waals surface area (Å²) in [5, 5.41) is 6.62. The number of hydrogen-bond acceptors (Lipinski definition) is 5. The number of thioether (sulfide) groups is 1. The highest BCUT2D eigenvalue weighted by molar-refractivity contribution is 8.00. The number of ether oxygens (including phenoxy) is 1. The average Bonchev–Trinajstić information content (AvgIpc) is 2.74. The Morgan fingerprint density at radius 3 is 2.74 bits per heavy atom. The first-order chi connectivity index (χ1) is 9.01. The van der Waals surface area contributed by atoms with Gasteiger partial charge in [0, 0.05) is 6.04 Å². The van der Waals surface area contributed by atoms with Crippen molar-refractivity contribution in [3.63, 3.8) is 0 Å². The van der Waals surface area contributed by atoms with Gasteiger partial charge in [0.2, 0.25) is 0 Å². The molecule has 0 aliphatic carbocycles. The second kappa shape index (κ2) is 7.37. The maximum Gasteiger partial charge on any atom is 0.344 e. The second-order valence-electron chi connectivity index (χ2n) is 4.55. The van der Waals surface area contributed by atoms with E-state index in [0.29, 0.717) is 11.6 Å². The fraction of sp³-hybridized carbons (Fsp3) is 0.750. The summed E-state index contributed by atoms with van der Waals surface area (Å²) in [6.45, 7) is 5.87. The van der Waals surface area contributed by atoms with Crippen LogP contribution >= 0.6 is 11.8 Å². The Bertz CT molecular complexity index is 467. The summed E-state index contributed by atoms with van der Waals surface area (Å²) in [5.41, 5.74) is -0.253. The van der Waals surface area contributed by atoms with Gasteiger partial charge in [0.25, 0.3) is 0 Å². The molecule has 19 heavy (non-hydrogen) atoms. The number of carbonyl (C=O) groups is 1. The van der Waals surface area contributed by atoms with Crippen LogP contribution in [0.3, 0.4) is 0 Å². The van der Waals surface area contributed by atoms with Gasteiger partial charge in [0.05, 0.1) is 7.11 Å². The van der Waals surface area contributed by atoms with Crippen LogP contribution in [0.15, 0.2) is 9.95 Å². The fourth-order valence-electron chi connectivity index (χ4n) is 1.70. The van der Waals surface area contributed by atoms with Gasteiger partial charge >= 0.3 is 11.7 Å². The van der Waals surface area contributed by atoms with Crippen LogP contribution < -0.4 is 5.69 Å². The minimum absolute atomic E-state index is 0.00165. The Labute approximate surface area is 116 Å². The molecule has 0 radical (unpaired) electrons. The van der Waals surface area contributed by atoms with Crippen LogP contribution in [0.5, 0.6) is 0 Å². The van der Waals surface area contributed by atoms with Gasteiger partial charge in [0.15, 0.2) is 5.16 Å². The average molecular weight is 287 g/mol. The van der Waals surface area contributed by atoms with E-state index in [2.05, 4.69) is 17.1 Å². The Balaban J connectivity index is 2.90. The third-order valence-corrected chi connectivity index (χ3v) is 3.93. The van der Waals surface area contributed by atoms with Crippen molar-refractivity contribution in [2.24, 2.45) is 0 Å². The molecule has 1 atom stereocenters. The minimum atomic E-state index is -0.322. The first-order valence-electron chi connectivity index (χ1n) is 6.42. The molecular formula is C12H21N3O3S. The van der Waals surface area contributed by atoms with Crippen LogP contribution in [-0.2, 0) is 9.53 Å². The summed E-state index contributed by atoms with van der Waals surface area (Å²) in [5.74, 6) is -0.274. The van der Waals surface area contributed by atoms with Crippen molar-refractivity contribution in [1.82, 2.24) is 14.8 Å². The third-order valence-electron chi connectivity index (χ3n) is 2.72. The van der Waals surface area contributed by atoms with Crippen LogP contribution in [-0.4, -0.2) is 33.1 Å². The molecule has 1 rings (SSSR count). The molecule has 1 unspecified atom stereocenters. The molecule has 0 bridgehead atoms. The third kappa shape index (κ3) is 4.12. The molecule has 7 heteroatoms. The Morgan fingerprint density at radius 1 is 1.53 bits per heavy atom. The largest absolute Gasteiger partial charge is 0.468 e. The molecule has 0 fully saturated rings. The zero-order valence-corrected chi connectivity index (χ0v) is 12.6. The topological polar surface area (TPSA) is 77.0 Å². The van der Waals surface area contributed by atoms with E-state index in [1.165, 1.54) is 18.9 Å². The number of carbonyl (C=O) groups excluding carboxylic acids is 1. The molecule has 0 aliphatic heterocycles. The van der Waals surface area contributed by atoms with E-state index in [-0.39, 0.29) is 23.0 Å². The molecule has 1 aromatic rings. The molecule has 6 nitrogen and oxygen atoms in total. The van der Waals surface area contributed by atoms with Crippen molar-refractivity contribution in [3.8, 4) is 0 Å². The minimum Gasteiger partial charge on any atom is -0.468 e. The van der Waals surface area contributed by atoms with E-state index in [1.807, 2.05) is 13.8 Å². The van der Waals surface area contributed by atoms with Crippen molar-refractivity contribution in [2.45, 2.75) is 56.5 Å². The van der Waals surface area contributed by atoms with Gasteiger partial charge in [-0.15, -0.1) is 5.10 Å². The lowest BCUT2D eigenvalue weighted by atomic mass is 10.2. The SMILES string of the molecule is CCCCC(Sc1n[nH]c(=O)n1C(C)C)C(=O)OC. The molecule has 1 N–H and O–H groups in total. The van der Waals surface area contributed by atoms with Crippen molar-refractivity contribution in [1.29, 1.82) is 0 Å². The van der Waals surface area contributed by atoms with Crippen molar-refractivity contribution < 1.29 is 9.53 Å². The predicted molar refractivity (Wildman–Crippen MR) is 74.4 cm³/mol.